The van der Waals surface area contributed by atoms with Gasteiger partial charge in [0.1, 0.15) is 16.5 Å². The second-order valence-electron chi connectivity index (χ2n) is 8.64. The van der Waals surface area contributed by atoms with Gasteiger partial charge in [0, 0.05) is 55.8 Å². The smallest absolute Gasteiger partial charge is 0.261 e. The second kappa shape index (κ2) is 8.16. The number of rotatable bonds is 5. The van der Waals surface area contributed by atoms with E-state index in [0.29, 0.717) is 12.5 Å². The normalized spacial score (nSPS) is 17.3. The van der Waals surface area contributed by atoms with Crippen LogP contribution < -0.4 is 10.2 Å². The molecule has 1 N–H and O–H groups in total. The quantitative estimate of drug-likeness (QED) is 0.662. The van der Waals surface area contributed by atoms with Crippen LogP contribution in [0.5, 0.6) is 0 Å². The SMILES string of the molecule is Cc1nc(C2CC2)nc2sc(C(=O)NCc3cccnc3N3CCN(C)CC3)c(C)c12. The molecule has 1 amide bonds. The molecule has 8 heteroatoms. The molecule has 0 unspecified atom stereocenters. The molecule has 1 aliphatic heterocycles. The summed E-state index contributed by atoms with van der Waals surface area (Å²) in [5, 5.41) is 4.15. The van der Waals surface area contributed by atoms with Gasteiger partial charge in [-0.05, 0) is 45.4 Å². The number of carbonyl (C=O) groups is 1. The molecule has 0 bridgehead atoms. The summed E-state index contributed by atoms with van der Waals surface area (Å²) >= 11 is 1.48. The van der Waals surface area contributed by atoms with Crippen LogP contribution in [0.3, 0.4) is 0 Å². The van der Waals surface area contributed by atoms with Crippen molar-refractivity contribution in [3.8, 4) is 0 Å². The van der Waals surface area contributed by atoms with E-state index in [-0.39, 0.29) is 5.91 Å². The summed E-state index contributed by atoms with van der Waals surface area (Å²) in [6.07, 6.45) is 4.17. The number of anilines is 1. The van der Waals surface area contributed by atoms with Crippen LogP contribution in [0.15, 0.2) is 18.3 Å². The Bertz CT molecular complexity index is 1130. The minimum Gasteiger partial charge on any atom is -0.354 e. The predicted octanol–water partition coefficient (Wildman–Crippen LogP) is 3.26. The maximum atomic E-state index is 13.1. The minimum atomic E-state index is -0.0546. The largest absolute Gasteiger partial charge is 0.354 e. The summed E-state index contributed by atoms with van der Waals surface area (Å²) < 4.78 is 0. The van der Waals surface area contributed by atoms with Crippen LogP contribution in [0, 0.1) is 13.8 Å². The zero-order valence-electron chi connectivity index (χ0n) is 18.3. The summed E-state index contributed by atoms with van der Waals surface area (Å²) in [4.78, 5) is 33.5. The van der Waals surface area contributed by atoms with E-state index < -0.39 is 0 Å². The molecule has 0 spiro atoms. The number of piperazine rings is 1. The molecule has 3 aromatic heterocycles. The van der Waals surface area contributed by atoms with Gasteiger partial charge in [-0.25, -0.2) is 15.0 Å². The van der Waals surface area contributed by atoms with Crippen molar-refractivity contribution < 1.29 is 4.79 Å². The lowest BCUT2D eigenvalue weighted by Crippen LogP contribution is -2.45. The van der Waals surface area contributed by atoms with Crippen LogP contribution in [0.2, 0.25) is 0 Å². The van der Waals surface area contributed by atoms with Crippen LogP contribution in [0.1, 0.15) is 51.1 Å². The van der Waals surface area contributed by atoms with Gasteiger partial charge in [-0.2, -0.15) is 0 Å². The first kappa shape index (κ1) is 20.3. The van der Waals surface area contributed by atoms with Gasteiger partial charge >= 0.3 is 0 Å². The summed E-state index contributed by atoms with van der Waals surface area (Å²) in [7, 11) is 2.14. The number of amides is 1. The molecule has 0 radical (unpaired) electrons. The molecule has 0 aromatic carbocycles. The third-order valence-electron chi connectivity index (χ3n) is 6.25. The summed E-state index contributed by atoms with van der Waals surface area (Å²) in [6, 6.07) is 3.99. The molecule has 1 aliphatic carbocycles. The topological polar surface area (TPSA) is 74.2 Å². The van der Waals surface area contributed by atoms with Gasteiger partial charge < -0.3 is 15.1 Å². The fraction of sp³-hybridized carbons (Fsp3) is 0.478. The fourth-order valence-electron chi connectivity index (χ4n) is 4.23. The predicted molar refractivity (Wildman–Crippen MR) is 124 cm³/mol. The highest BCUT2D eigenvalue weighted by molar-refractivity contribution is 7.20. The maximum absolute atomic E-state index is 13.1. The van der Waals surface area contributed by atoms with Crippen molar-refractivity contribution in [1.82, 2.24) is 25.2 Å². The molecule has 5 rings (SSSR count). The highest BCUT2D eigenvalue weighted by Gasteiger charge is 2.28. The van der Waals surface area contributed by atoms with Crippen molar-refractivity contribution in [1.29, 1.82) is 0 Å². The lowest BCUT2D eigenvalue weighted by molar-refractivity contribution is 0.0954. The second-order valence-corrected chi connectivity index (χ2v) is 9.64. The lowest BCUT2D eigenvalue weighted by Gasteiger charge is -2.34. The monoisotopic (exact) mass is 436 g/mol. The van der Waals surface area contributed by atoms with Crippen molar-refractivity contribution in [2.45, 2.75) is 39.2 Å². The number of aryl methyl sites for hydroxylation is 2. The highest BCUT2D eigenvalue weighted by Crippen LogP contribution is 2.40. The first-order valence-electron chi connectivity index (χ1n) is 10.9. The van der Waals surface area contributed by atoms with Gasteiger partial charge in [-0.3, -0.25) is 4.79 Å². The van der Waals surface area contributed by atoms with E-state index in [1.165, 1.54) is 24.2 Å². The van der Waals surface area contributed by atoms with Gasteiger partial charge in [0.25, 0.3) is 5.91 Å². The van der Waals surface area contributed by atoms with E-state index in [0.717, 1.165) is 69.7 Å². The lowest BCUT2D eigenvalue weighted by atomic mass is 10.1. The van der Waals surface area contributed by atoms with E-state index >= 15 is 0 Å². The molecule has 162 valence electrons. The number of hydrogen-bond donors (Lipinski definition) is 1. The van der Waals surface area contributed by atoms with Gasteiger partial charge in [0.05, 0.1) is 10.6 Å². The summed E-state index contributed by atoms with van der Waals surface area (Å²) in [5.74, 6) is 2.35. The van der Waals surface area contributed by atoms with Gasteiger partial charge in [0.2, 0.25) is 0 Å². The molecular weight excluding hydrogens is 408 g/mol. The van der Waals surface area contributed by atoms with E-state index in [9.17, 15) is 4.79 Å². The Labute approximate surface area is 186 Å². The van der Waals surface area contributed by atoms with Gasteiger partial charge in [-0.15, -0.1) is 11.3 Å². The maximum Gasteiger partial charge on any atom is 0.261 e. The van der Waals surface area contributed by atoms with Crippen molar-refractivity contribution in [3.63, 3.8) is 0 Å². The number of nitrogens with zero attached hydrogens (tertiary/aromatic N) is 5. The number of aromatic nitrogens is 3. The number of thiophene rings is 1. The molecule has 3 aromatic rings. The van der Waals surface area contributed by atoms with Crippen LogP contribution in [0.4, 0.5) is 5.82 Å². The van der Waals surface area contributed by atoms with E-state index in [4.69, 9.17) is 9.97 Å². The number of likely N-dealkylation sites (N-methyl/N-ethyl adjacent to an activating group) is 1. The van der Waals surface area contributed by atoms with Crippen molar-refractivity contribution in [2.24, 2.45) is 0 Å². The van der Waals surface area contributed by atoms with Crippen molar-refractivity contribution in [3.05, 3.63) is 45.9 Å². The summed E-state index contributed by atoms with van der Waals surface area (Å²) in [6.45, 7) is 8.42. The Hall–Kier alpha value is -2.58. The molecule has 31 heavy (non-hydrogen) atoms. The number of carbonyl (C=O) groups excluding carboxylic acids is 1. The third-order valence-corrected chi connectivity index (χ3v) is 7.43. The van der Waals surface area contributed by atoms with Gasteiger partial charge in [0.15, 0.2) is 0 Å². The molecule has 4 heterocycles. The van der Waals surface area contributed by atoms with Crippen LogP contribution in [0.25, 0.3) is 10.2 Å². The first-order valence-corrected chi connectivity index (χ1v) is 11.8. The first-order chi connectivity index (χ1) is 15.0. The molecule has 7 nitrogen and oxygen atoms in total. The zero-order valence-corrected chi connectivity index (χ0v) is 19.1. The van der Waals surface area contributed by atoms with Crippen LogP contribution >= 0.6 is 11.3 Å². The highest BCUT2D eigenvalue weighted by atomic mass is 32.1. The third kappa shape index (κ3) is 4.02. The van der Waals surface area contributed by atoms with Gasteiger partial charge in [-0.1, -0.05) is 6.07 Å². The molecule has 0 atom stereocenters. The van der Waals surface area contributed by atoms with E-state index in [1.54, 1.807) is 0 Å². The zero-order chi connectivity index (χ0) is 21.5. The van der Waals surface area contributed by atoms with E-state index in [1.807, 2.05) is 26.1 Å². The van der Waals surface area contributed by atoms with Crippen LogP contribution in [-0.4, -0.2) is 59.0 Å². The number of pyridine rings is 1. The van der Waals surface area contributed by atoms with Crippen molar-refractivity contribution >= 4 is 33.3 Å². The molecule has 1 saturated carbocycles. The average molecular weight is 437 g/mol. The number of nitrogens with one attached hydrogen (secondary N) is 1. The number of hydrogen-bond acceptors (Lipinski definition) is 7. The average Bonchev–Trinajstić information content (AvgIpc) is 3.56. The standard InChI is InChI=1S/C23H28N6OS/c1-14-18-15(2)26-20(16-6-7-16)27-23(18)31-19(14)22(30)25-13-17-5-4-8-24-21(17)29-11-9-28(3)10-12-29/h4-5,8,16H,6-7,9-13H2,1-3H3,(H,25,30). The Balaban J connectivity index is 1.35. The molecule has 2 fully saturated rings. The van der Waals surface area contributed by atoms with Crippen LogP contribution in [-0.2, 0) is 6.54 Å². The van der Waals surface area contributed by atoms with E-state index in [2.05, 4.69) is 33.2 Å². The Kier molecular flexibility index (Phi) is 5.35. The Morgan fingerprint density at radius 3 is 2.71 bits per heavy atom. The molecule has 2 aliphatic rings. The molecule has 1 saturated heterocycles. The Morgan fingerprint density at radius 2 is 1.97 bits per heavy atom. The summed E-state index contributed by atoms with van der Waals surface area (Å²) in [5.41, 5.74) is 3.00. The minimum absolute atomic E-state index is 0.0546. The Morgan fingerprint density at radius 1 is 1.19 bits per heavy atom. The van der Waals surface area contributed by atoms with Crippen molar-refractivity contribution in [2.75, 3.05) is 38.1 Å². The number of fused-ring (bicyclic) bond motifs is 1. The molecular formula is C23H28N6OS. The fourth-order valence-corrected chi connectivity index (χ4v) is 5.38.